The van der Waals surface area contributed by atoms with Crippen LogP contribution in [0, 0.1) is 0 Å². The van der Waals surface area contributed by atoms with Crippen LogP contribution in [0.5, 0.6) is 0 Å². The normalized spacial score (nSPS) is 10.7. The van der Waals surface area contributed by atoms with Crippen molar-refractivity contribution < 1.29 is 4.79 Å². The number of carbonyl (C=O) groups is 1. The van der Waals surface area contributed by atoms with Gasteiger partial charge in [0.2, 0.25) is 0 Å². The molecule has 0 aromatic carbocycles. The van der Waals surface area contributed by atoms with Gasteiger partial charge in [0.15, 0.2) is 11.5 Å². The summed E-state index contributed by atoms with van der Waals surface area (Å²) in [7, 11) is 0. The van der Waals surface area contributed by atoms with Crippen molar-refractivity contribution in [1.82, 2.24) is 20.0 Å². The van der Waals surface area contributed by atoms with Gasteiger partial charge in [-0.15, -0.1) is 10.2 Å². The molecule has 1 rings (SSSR count). The second-order valence-corrected chi connectivity index (χ2v) is 4.71. The molecule has 7 heteroatoms. The monoisotopic (exact) mass is 294 g/mol. The first-order valence-electron chi connectivity index (χ1n) is 7.48. The first-order valence-corrected chi connectivity index (χ1v) is 7.48. The molecule has 0 unspecified atom stereocenters. The fourth-order valence-electron chi connectivity index (χ4n) is 2.11. The van der Waals surface area contributed by atoms with E-state index in [-0.39, 0.29) is 5.91 Å². The summed E-state index contributed by atoms with van der Waals surface area (Å²) < 4.78 is 0. The predicted molar refractivity (Wildman–Crippen MR) is 83.8 cm³/mol. The van der Waals surface area contributed by atoms with Crippen molar-refractivity contribution in [3.8, 4) is 0 Å². The van der Waals surface area contributed by atoms with E-state index in [1.54, 1.807) is 17.0 Å². The van der Waals surface area contributed by atoms with Gasteiger partial charge in [0.05, 0.1) is 0 Å². The Morgan fingerprint density at radius 3 is 2.33 bits per heavy atom. The largest absolute Gasteiger partial charge is 0.337 e. The summed E-state index contributed by atoms with van der Waals surface area (Å²) in [5.74, 6) is 5.58. The molecule has 0 aliphatic heterocycles. The van der Waals surface area contributed by atoms with E-state index >= 15 is 0 Å². The molecule has 1 aromatic rings. The molecule has 0 saturated carbocycles. The predicted octanol–water partition coefficient (Wildman–Crippen LogP) is 0.956. The van der Waals surface area contributed by atoms with Crippen LogP contribution in [0.4, 0.5) is 5.82 Å². The third-order valence-corrected chi connectivity index (χ3v) is 3.50. The van der Waals surface area contributed by atoms with E-state index in [1.807, 2.05) is 6.92 Å². The zero-order valence-electron chi connectivity index (χ0n) is 13.2. The summed E-state index contributed by atoms with van der Waals surface area (Å²) in [6.07, 6.45) is 0.955. The minimum absolute atomic E-state index is 0.0897. The maximum Gasteiger partial charge on any atom is 0.274 e. The number of aromatic nitrogens is 2. The number of hydrogen-bond acceptors (Lipinski definition) is 6. The van der Waals surface area contributed by atoms with Crippen LogP contribution in [0.3, 0.4) is 0 Å². The van der Waals surface area contributed by atoms with Gasteiger partial charge in [0.1, 0.15) is 0 Å². The van der Waals surface area contributed by atoms with Gasteiger partial charge in [0.25, 0.3) is 5.91 Å². The number of nitrogens with two attached hydrogens (primary N) is 1. The van der Waals surface area contributed by atoms with Gasteiger partial charge >= 0.3 is 0 Å². The molecule has 0 aliphatic rings. The average molecular weight is 294 g/mol. The summed E-state index contributed by atoms with van der Waals surface area (Å²) >= 11 is 0. The zero-order chi connectivity index (χ0) is 15.7. The summed E-state index contributed by atoms with van der Waals surface area (Å²) in [4.78, 5) is 16.5. The fourth-order valence-corrected chi connectivity index (χ4v) is 2.11. The van der Waals surface area contributed by atoms with Gasteiger partial charge in [0, 0.05) is 13.1 Å². The lowest BCUT2D eigenvalue weighted by Crippen LogP contribution is -2.35. The van der Waals surface area contributed by atoms with Crippen molar-refractivity contribution >= 4 is 11.7 Å². The average Bonchev–Trinajstić information content (AvgIpc) is 2.55. The quantitative estimate of drug-likeness (QED) is 0.521. The number of carbonyl (C=O) groups excluding carboxylic acids is 1. The molecule has 0 fully saturated rings. The Hall–Kier alpha value is -1.73. The van der Waals surface area contributed by atoms with Gasteiger partial charge in [-0.25, -0.2) is 5.84 Å². The Morgan fingerprint density at radius 1 is 1.14 bits per heavy atom. The highest BCUT2D eigenvalue weighted by Gasteiger charge is 2.16. The molecule has 0 bridgehead atoms. The molecular weight excluding hydrogens is 268 g/mol. The summed E-state index contributed by atoms with van der Waals surface area (Å²) in [6.45, 7) is 10.7. The second-order valence-electron chi connectivity index (χ2n) is 4.71. The number of nitrogens with zero attached hydrogens (tertiary/aromatic N) is 4. The van der Waals surface area contributed by atoms with Crippen molar-refractivity contribution in [1.29, 1.82) is 0 Å². The molecule has 0 atom stereocenters. The van der Waals surface area contributed by atoms with Crippen molar-refractivity contribution in [2.24, 2.45) is 5.84 Å². The summed E-state index contributed by atoms with van der Waals surface area (Å²) in [5.41, 5.74) is 2.74. The Kier molecular flexibility index (Phi) is 7.63. The van der Waals surface area contributed by atoms with Crippen LogP contribution in [-0.2, 0) is 0 Å². The smallest absolute Gasteiger partial charge is 0.274 e. The SMILES string of the molecule is CCN(CC)CCCN(CC)C(=O)c1ccc(NN)nn1. The number of nitrogens with one attached hydrogen (secondary N) is 1. The van der Waals surface area contributed by atoms with E-state index in [4.69, 9.17) is 5.84 Å². The van der Waals surface area contributed by atoms with Crippen LogP contribution in [0.25, 0.3) is 0 Å². The van der Waals surface area contributed by atoms with Gasteiger partial charge in [-0.1, -0.05) is 13.8 Å². The van der Waals surface area contributed by atoms with Crippen LogP contribution in [0.15, 0.2) is 12.1 Å². The maximum absolute atomic E-state index is 12.3. The molecule has 7 nitrogen and oxygen atoms in total. The maximum atomic E-state index is 12.3. The Labute approximate surface area is 126 Å². The van der Waals surface area contributed by atoms with Crippen molar-refractivity contribution in [3.05, 3.63) is 17.8 Å². The lowest BCUT2D eigenvalue weighted by atomic mass is 10.3. The highest BCUT2D eigenvalue weighted by molar-refractivity contribution is 5.92. The Balaban J connectivity index is 2.55. The van der Waals surface area contributed by atoms with Crippen LogP contribution >= 0.6 is 0 Å². The van der Waals surface area contributed by atoms with Crippen molar-refractivity contribution in [2.75, 3.05) is 38.1 Å². The Morgan fingerprint density at radius 2 is 1.86 bits per heavy atom. The van der Waals surface area contributed by atoms with E-state index in [1.165, 1.54) is 0 Å². The lowest BCUT2D eigenvalue weighted by Gasteiger charge is -2.23. The van der Waals surface area contributed by atoms with Crippen LogP contribution in [-0.4, -0.2) is 58.6 Å². The molecule has 1 aromatic heterocycles. The molecular formula is C14H26N6O. The van der Waals surface area contributed by atoms with Gasteiger partial charge < -0.3 is 15.2 Å². The van der Waals surface area contributed by atoms with E-state index < -0.39 is 0 Å². The van der Waals surface area contributed by atoms with Crippen molar-refractivity contribution in [2.45, 2.75) is 27.2 Å². The molecule has 0 aliphatic carbocycles. The molecule has 21 heavy (non-hydrogen) atoms. The highest BCUT2D eigenvalue weighted by Crippen LogP contribution is 2.05. The van der Waals surface area contributed by atoms with Gasteiger partial charge in [-0.2, -0.15) is 0 Å². The molecule has 1 heterocycles. The minimum atomic E-state index is -0.0897. The minimum Gasteiger partial charge on any atom is -0.337 e. The van der Waals surface area contributed by atoms with E-state index in [2.05, 4.69) is 34.4 Å². The number of hydrogen-bond donors (Lipinski definition) is 2. The number of anilines is 1. The first kappa shape index (κ1) is 17.3. The molecule has 0 saturated heterocycles. The summed E-state index contributed by atoms with van der Waals surface area (Å²) in [6, 6.07) is 3.28. The van der Waals surface area contributed by atoms with Crippen molar-refractivity contribution in [3.63, 3.8) is 0 Å². The van der Waals surface area contributed by atoms with Crippen LogP contribution < -0.4 is 11.3 Å². The lowest BCUT2D eigenvalue weighted by molar-refractivity contribution is 0.0750. The molecule has 3 N–H and O–H groups in total. The molecule has 1 amide bonds. The first-order chi connectivity index (χ1) is 10.2. The fraction of sp³-hybridized carbons (Fsp3) is 0.643. The van der Waals surface area contributed by atoms with E-state index in [9.17, 15) is 4.79 Å². The molecule has 118 valence electrons. The third kappa shape index (κ3) is 5.28. The number of nitrogen functional groups attached to an aromatic ring is 1. The van der Waals surface area contributed by atoms with E-state index in [0.717, 1.165) is 32.6 Å². The standard InChI is InChI=1S/C14H26N6O/c1-4-19(5-2)10-7-11-20(6-3)14(21)12-8-9-13(16-15)18-17-12/h8-9H,4-7,10-11,15H2,1-3H3,(H,16,18). The van der Waals surface area contributed by atoms with E-state index in [0.29, 0.717) is 18.1 Å². The molecule has 0 spiro atoms. The zero-order valence-corrected chi connectivity index (χ0v) is 13.2. The number of hydrazine groups is 1. The van der Waals surface area contributed by atoms with Gasteiger partial charge in [-0.3, -0.25) is 4.79 Å². The topological polar surface area (TPSA) is 87.4 Å². The van der Waals surface area contributed by atoms with Crippen LogP contribution in [0.1, 0.15) is 37.7 Å². The van der Waals surface area contributed by atoms with Crippen LogP contribution in [0.2, 0.25) is 0 Å². The third-order valence-electron chi connectivity index (χ3n) is 3.50. The molecule has 0 radical (unpaired) electrons. The number of rotatable bonds is 9. The highest BCUT2D eigenvalue weighted by atomic mass is 16.2. The number of amides is 1. The Bertz CT molecular complexity index is 418. The summed E-state index contributed by atoms with van der Waals surface area (Å²) in [5, 5.41) is 7.73. The van der Waals surface area contributed by atoms with Gasteiger partial charge in [-0.05, 0) is 45.1 Å². The second kappa shape index (κ2) is 9.25.